The number of aromatic amines is 1. The summed E-state index contributed by atoms with van der Waals surface area (Å²) in [5.74, 6) is 1.40. The zero-order valence-electron chi connectivity index (χ0n) is 6.86. The van der Waals surface area contributed by atoms with Gasteiger partial charge in [-0.1, -0.05) is 0 Å². The maximum atomic E-state index is 5.68. The van der Waals surface area contributed by atoms with Gasteiger partial charge in [-0.2, -0.15) is 5.10 Å². The van der Waals surface area contributed by atoms with Crippen LogP contribution < -0.4 is 11.1 Å². The van der Waals surface area contributed by atoms with Crippen LogP contribution in [0.1, 0.15) is 0 Å². The van der Waals surface area contributed by atoms with Crippen molar-refractivity contribution in [2.45, 2.75) is 0 Å². The van der Waals surface area contributed by atoms with Gasteiger partial charge in [-0.05, 0) is 12.1 Å². The van der Waals surface area contributed by atoms with Crippen molar-refractivity contribution in [2.75, 3.05) is 11.1 Å². The van der Waals surface area contributed by atoms with E-state index in [2.05, 4.69) is 20.5 Å². The first-order valence-corrected chi connectivity index (χ1v) is 3.83. The second-order valence-corrected chi connectivity index (χ2v) is 2.54. The Hall–Kier alpha value is -2.04. The second-order valence-electron chi connectivity index (χ2n) is 2.54. The summed E-state index contributed by atoms with van der Waals surface area (Å²) >= 11 is 0. The van der Waals surface area contributed by atoms with Crippen molar-refractivity contribution in [1.82, 2.24) is 15.2 Å². The summed E-state index contributed by atoms with van der Waals surface area (Å²) in [5, 5.41) is 9.55. The number of pyridine rings is 1. The fourth-order valence-corrected chi connectivity index (χ4v) is 0.975. The van der Waals surface area contributed by atoms with Crippen molar-refractivity contribution in [3.05, 3.63) is 30.6 Å². The van der Waals surface area contributed by atoms with Crippen molar-refractivity contribution in [3.8, 4) is 0 Å². The van der Waals surface area contributed by atoms with E-state index < -0.39 is 0 Å². The van der Waals surface area contributed by atoms with Gasteiger partial charge in [-0.25, -0.2) is 4.98 Å². The highest BCUT2D eigenvalue weighted by molar-refractivity contribution is 5.66. The van der Waals surface area contributed by atoms with Gasteiger partial charge in [0.25, 0.3) is 0 Å². The van der Waals surface area contributed by atoms with Crippen LogP contribution in [0.5, 0.6) is 0 Å². The van der Waals surface area contributed by atoms with E-state index in [1.54, 1.807) is 30.6 Å². The smallest absolute Gasteiger partial charge is 0.154 e. The SMILES string of the molecule is Nc1cccnc1Nc1ccn[nH]1. The van der Waals surface area contributed by atoms with Gasteiger partial charge < -0.3 is 11.1 Å². The molecule has 5 heteroatoms. The fourth-order valence-electron chi connectivity index (χ4n) is 0.975. The van der Waals surface area contributed by atoms with Crippen molar-refractivity contribution in [1.29, 1.82) is 0 Å². The number of hydrogen-bond donors (Lipinski definition) is 3. The molecule has 0 unspecified atom stereocenters. The lowest BCUT2D eigenvalue weighted by molar-refractivity contribution is 1.09. The Labute approximate surface area is 75.0 Å². The summed E-state index contributed by atoms with van der Waals surface area (Å²) in [6, 6.07) is 5.37. The van der Waals surface area contributed by atoms with Gasteiger partial charge in [-0.3, -0.25) is 5.10 Å². The maximum Gasteiger partial charge on any atom is 0.154 e. The number of anilines is 3. The molecule has 0 aliphatic rings. The largest absolute Gasteiger partial charge is 0.396 e. The molecular weight excluding hydrogens is 166 g/mol. The molecule has 4 N–H and O–H groups in total. The molecule has 0 saturated heterocycles. The monoisotopic (exact) mass is 175 g/mol. The van der Waals surface area contributed by atoms with E-state index >= 15 is 0 Å². The third-order valence-corrected chi connectivity index (χ3v) is 1.59. The minimum Gasteiger partial charge on any atom is -0.396 e. The molecule has 2 heterocycles. The molecule has 2 aromatic heterocycles. The summed E-state index contributed by atoms with van der Waals surface area (Å²) in [6.07, 6.45) is 3.33. The van der Waals surface area contributed by atoms with Crippen molar-refractivity contribution < 1.29 is 0 Å². The quantitative estimate of drug-likeness (QED) is 0.639. The lowest BCUT2D eigenvalue weighted by atomic mass is 10.4. The summed E-state index contributed by atoms with van der Waals surface area (Å²) in [5.41, 5.74) is 6.29. The molecule has 66 valence electrons. The van der Waals surface area contributed by atoms with Crippen LogP contribution in [0.3, 0.4) is 0 Å². The average molecular weight is 175 g/mol. The lowest BCUT2D eigenvalue weighted by Gasteiger charge is -2.04. The van der Waals surface area contributed by atoms with Gasteiger partial charge in [0.2, 0.25) is 0 Å². The number of H-pyrrole nitrogens is 1. The molecule has 0 spiro atoms. The van der Waals surface area contributed by atoms with Crippen LogP contribution >= 0.6 is 0 Å². The second kappa shape index (κ2) is 3.14. The molecule has 0 radical (unpaired) electrons. The number of hydrogen-bond acceptors (Lipinski definition) is 4. The molecule has 2 aromatic rings. The molecular formula is C8H9N5. The van der Waals surface area contributed by atoms with E-state index in [1.165, 1.54) is 0 Å². The number of nitrogens with two attached hydrogens (primary N) is 1. The molecule has 0 amide bonds. The topological polar surface area (TPSA) is 79.6 Å². The van der Waals surface area contributed by atoms with Crippen molar-refractivity contribution >= 4 is 17.3 Å². The minimum absolute atomic E-state index is 0.608. The first-order chi connectivity index (χ1) is 6.36. The van der Waals surface area contributed by atoms with Gasteiger partial charge in [0, 0.05) is 12.3 Å². The van der Waals surface area contributed by atoms with Gasteiger partial charge in [0.05, 0.1) is 11.9 Å². The molecule has 0 aromatic carbocycles. The Morgan fingerprint density at radius 3 is 2.92 bits per heavy atom. The molecule has 5 nitrogen and oxygen atoms in total. The first kappa shape index (κ1) is 7.60. The predicted molar refractivity (Wildman–Crippen MR) is 50.5 cm³/mol. The van der Waals surface area contributed by atoms with Crippen molar-refractivity contribution in [3.63, 3.8) is 0 Å². The molecule has 0 aliphatic carbocycles. The highest BCUT2D eigenvalue weighted by Crippen LogP contribution is 2.17. The Bertz CT molecular complexity index is 381. The maximum absolute atomic E-state index is 5.68. The van der Waals surface area contributed by atoms with E-state index in [9.17, 15) is 0 Å². The minimum atomic E-state index is 0.608. The van der Waals surface area contributed by atoms with Crippen LogP contribution in [0.25, 0.3) is 0 Å². The molecule has 2 rings (SSSR count). The first-order valence-electron chi connectivity index (χ1n) is 3.83. The molecule has 0 atom stereocenters. The lowest BCUT2D eigenvalue weighted by Crippen LogP contribution is -1.98. The Morgan fingerprint density at radius 2 is 2.23 bits per heavy atom. The molecule has 0 fully saturated rings. The van der Waals surface area contributed by atoms with E-state index in [4.69, 9.17) is 5.73 Å². The van der Waals surface area contributed by atoms with Crippen LogP contribution in [0.2, 0.25) is 0 Å². The Morgan fingerprint density at radius 1 is 1.31 bits per heavy atom. The zero-order chi connectivity index (χ0) is 9.10. The van der Waals surface area contributed by atoms with Crippen LogP contribution in [-0.2, 0) is 0 Å². The number of rotatable bonds is 2. The van der Waals surface area contributed by atoms with Crippen molar-refractivity contribution in [2.24, 2.45) is 0 Å². The fraction of sp³-hybridized carbons (Fsp3) is 0. The van der Waals surface area contributed by atoms with E-state index in [0.717, 1.165) is 5.82 Å². The number of aromatic nitrogens is 3. The molecule has 13 heavy (non-hydrogen) atoms. The molecule has 0 bridgehead atoms. The predicted octanol–water partition coefficient (Wildman–Crippen LogP) is 1.13. The van der Waals surface area contributed by atoms with Crippen LogP contribution in [0.4, 0.5) is 17.3 Å². The van der Waals surface area contributed by atoms with Gasteiger partial charge in [0.1, 0.15) is 5.82 Å². The van der Waals surface area contributed by atoms with Gasteiger partial charge in [0.15, 0.2) is 5.82 Å². The Balaban J connectivity index is 2.24. The van der Waals surface area contributed by atoms with Gasteiger partial charge in [-0.15, -0.1) is 0 Å². The summed E-state index contributed by atoms with van der Waals surface area (Å²) < 4.78 is 0. The number of nitrogens with zero attached hydrogens (tertiary/aromatic N) is 2. The molecule has 0 aliphatic heterocycles. The Kier molecular flexibility index (Phi) is 1.84. The van der Waals surface area contributed by atoms with Crippen LogP contribution in [-0.4, -0.2) is 15.2 Å². The summed E-state index contributed by atoms with van der Waals surface area (Å²) in [4.78, 5) is 4.07. The van der Waals surface area contributed by atoms with E-state index in [1.807, 2.05) is 0 Å². The zero-order valence-corrected chi connectivity index (χ0v) is 6.86. The average Bonchev–Trinajstić information content (AvgIpc) is 2.61. The van der Waals surface area contributed by atoms with Crippen LogP contribution in [0, 0.1) is 0 Å². The third-order valence-electron chi connectivity index (χ3n) is 1.59. The summed E-state index contributed by atoms with van der Waals surface area (Å²) in [7, 11) is 0. The summed E-state index contributed by atoms with van der Waals surface area (Å²) in [6.45, 7) is 0. The normalized spacial score (nSPS) is 9.85. The standard InChI is InChI=1S/C8H9N5/c9-6-2-1-4-10-8(6)12-7-3-5-11-13-7/h1-5H,9H2,(H2,10,11,12,13). The van der Waals surface area contributed by atoms with Gasteiger partial charge >= 0.3 is 0 Å². The molecule has 0 saturated carbocycles. The van der Waals surface area contributed by atoms with Crippen LogP contribution in [0.15, 0.2) is 30.6 Å². The van der Waals surface area contributed by atoms with E-state index in [-0.39, 0.29) is 0 Å². The van der Waals surface area contributed by atoms with E-state index in [0.29, 0.717) is 11.5 Å². The number of nitrogens with one attached hydrogen (secondary N) is 2. The third kappa shape index (κ3) is 1.58. The highest BCUT2D eigenvalue weighted by atomic mass is 15.2. The highest BCUT2D eigenvalue weighted by Gasteiger charge is 1.99. The number of nitrogen functional groups attached to an aromatic ring is 1.